The first-order valence-electron chi connectivity index (χ1n) is 11.3. The summed E-state index contributed by atoms with van der Waals surface area (Å²) >= 11 is 0. The Bertz CT molecular complexity index is 1070. The Morgan fingerprint density at radius 3 is 2.18 bits per heavy atom. The number of halogens is 1. The Morgan fingerprint density at radius 2 is 1.59 bits per heavy atom. The smallest absolute Gasteiger partial charge is 0.407 e. The number of rotatable bonds is 6. The number of carboxylic acid groups (broad SMARTS) is 1. The molecular formula is C26H28FN3O4. The highest BCUT2D eigenvalue weighted by atomic mass is 19.1. The van der Waals surface area contributed by atoms with Crippen molar-refractivity contribution in [1.29, 1.82) is 0 Å². The minimum absolute atomic E-state index is 0.0632. The first-order chi connectivity index (χ1) is 16.4. The largest absolute Gasteiger partial charge is 0.465 e. The zero-order valence-corrected chi connectivity index (χ0v) is 19.2. The molecule has 0 bridgehead atoms. The zero-order chi connectivity index (χ0) is 24.5. The minimum Gasteiger partial charge on any atom is -0.465 e. The Labute approximate surface area is 198 Å². The van der Waals surface area contributed by atoms with Crippen LogP contribution in [0.25, 0.3) is 0 Å². The highest BCUT2D eigenvalue weighted by Crippen LogP contribution is 2.17. The fraction of sp³-hybridized carbons (Fsp3) is 0.346. The minimum atomic E-state index is -0.972. The molecule has 1 aliphatic heterocycles. The molecular weight excluding hydrogens is 437 g/mol. The number of benzene rings is 2. The predicted octanol–water partition coefficient (Wildman–Crippen LogP) is 3.84. The number of hydrogen-bond donors (Lipinski definition) is 1. The van der Waals surface area contributed by atoms with Crippen LogP contribution in [0.4, 0.5) is 14.9 Å². The lowest BCUT2D eigenvalue weighted by molar-refractivity contribution is -0.118. The molecule has 1 N–H and O–H groups in total. The summed E-state index contributed by atoms with van der Waals surface area (Å²) in [5.41, 5.74) is 1.81. The number of piperazine rings is 1. The molecule has 1 aliphatic rings. The van der Waals surface area contributed by atoms with Crippen molar-refractivity contribution in [2.75, 3.05) is 37.6 Å². The molecule has 0 aliphatic carbocycles. The molecule has 1 heterocycles. The van der Waals surface area contributed by atoms with Crippen LogP contribution in [0.1, 0.15) is 42.1 Å². The maximum atomic E-state index is 13.3. The Morgan fingerprint density at radius 1 is 0.971 bits per heavy atom. The van der Waals surface area contributed by atoms with Crippen molar-refractivity contribution in [2.45, 2.75) is 26.2 Å². The van der Waals surface area contributed by atoms with Crippen LogP contribution in [0.2, 0.25) is 0 Å². The third-order valence-electron chi connectivity index (χ3n) is 5.62. The molecule has 0 atom stereocenters. The number of amides is 3. The van der Waals surface area contributed by atoms with Crippen LogP contribution < -0.4 is 4.90 Å². The number of carbonyl (C=O) groups is 3. The maximum Gasteiger partial charge on any atom is 0.407 e. The highest BCUT2D eigenvalue weighted by Gasteiger charge is 2.24. The second-order valence-electron chi connectivity index (χ2n) is 8.00. The molecule has 7 nitrogen and oxygen atoms in total. The lowest BCUT2D eigenvalue weighted by Gasteiger charge is -2.33. The second kappa shape index (κ2) is 11.8. The van der Waals surface area contributed by atoms with E-state index in [0.29, 0.717) is 49.4 Å². The quantitative estimate of drug-likeness (QED) is 0.658. The molecule has 1 saturated heterocycles. The molecule has 3 amide bonds. The third kappa shape index (κ3) is 6.58. The fourth-order valence-corrected chi connectivity index (χ4v) is 3.61. The summed E-state index contributed by atoms with van der Waals surface area (Å²) in [6.07, 6.45) is 1.09. The van der Waals surface area contributed by atoms with Gasteiger partial charge in [-0.2, -0.15) is 0 Å². The third-order valence-corrected chi connectivity index (χ3v) is 5.62. The number of carbonyl (C=O) groups excluding carboxylic acids is 2. The van der Waals surface area contributed by atoms with Crippen LogP contribution in [0.3, 0.4) is 0 Å². The average Bonchev–Trinajstić information content (AvgIpc) is 2.86. The van der Waals surface area contributed by atoms with Crippen LogP contribution in [0.15, 0.2) is 48.5 Å². The lowest BCUT2D eigenvalue weighted by Crippen LogP contribution is -2.50. The monoisotopic (exact) mass is 465 g/mol. The normalized spacial score (nSPS) is 13.1. The van der Waals surface area contributed by atoms with Crippen molar-refractivity contribution < 1.29 is 23.9 Å². The standard InChI is InChI=1S/C26H28FN3O4/c1-2-3-6-24(31)30(23-13-11-22(27)12-14-23)15-4-5-20-7-9-21(10-8-20)25(32)28-16-18-29(19-17-28)26(33)34/h7-14H,2-3,6,15-19H2,1H3,(H,33,34). The van der Waals surface area contributed by atoms with Crippen molar-refractivity contribution in [2.24, 2.45) is 0 Å². The van der Waals surface area contributed by atoms with Gasteiger partial charge in [-0.3, -0.25) is 9.59 Å². The van der Waals surface area contributed by atoms with E-state index in [1.165, 1.54) is 17.0 Å². The molecule has 0 aromatic heterocycles. The Kier molecular flexibility index (Phi) is 8.63. The van der Waals surface area contributed by atoms with Crippen LogP contribution in [-0.2, 0) is 4.79 Å². The van der Waals surface area contributed by atoms with E-state index in [9.17, 15) is 18.8 Å². The van der Waals surface area contributed by atoms with Gasteiger partial charge in [-0.25, -0.2) is 9.18 Å². The molecule has 0 unspecified atom stereocenters. The first kappa shape index (κ1) is 24.8. The average molecular weight is 466 g/mol. The van der Waals surface area contributed by atoms with Gasteiger partial charge in [-0.05, 0) is 55.0 Å². The van der Waals surface area contributed by atoms with E-state index in [0.717, 1.165) is 12.8 Å². The summed E-state index contributed by atoms with van der Waals surface area (Å²) in [5, 5.41) is 9.03. The molecule has 0 saturated carbocycles. The Balaban J connectivity index is 1.64. The summed E-state index contributed by atoms with van der Waals surface area (Å²) < 4.78 is 13.3. The van der Waals surface area contributed by atoms with E-state index in [1.807, 2.05) is 6.92 Å². The van der Waals surface area contributed by atoms with Gasteiger partial charge in [0.15, 0.2) is 0 Å². The van der Waals surface area contributed by atoms with Crippen molar-refractivity contribution >= 4 is 23.6 Å². The van der Waals surface area contributed by atoms with E-state index >= 15 is 0 Å². The summed E-state index contributed by atoms with van der Waals surface area (Å²) in [6, 6.07) is 12.7. The van der Waals surface area contributed by atoms with Gasteiger partial charge in [0.1, 0.15) is 5.82 Å². The fourth-order valence-electron chi connectivity index (χ4n) is 3.61. The van der Waals surface area contributed by atoms with Gasteiger partial charge < -0.3 is 19.8 Å². The van der Waals surface area contributed by atoms with Gasteiger partial charge in [0.05, 0.1) is 6.54 Å². The molecule has 8 heteroatoms. The van der Waals surface area contributed by atoms with Gasteiger partial charge in [-0.1, -0.05) is 25.2 Å². The molecule has 0 spiro atoms. The first-order valence-corrected chi connectivity index (χ1v) is 11.3. The van der Waals surface area contributed by atoms with E-state index in [1.54, 1.807) is 46.2 Å². The van der Waals surface area contributed by atoms with Crippen molar-refractivity contribution in [3.8, 4) is 11.8 Å². The molecule has 2 aromatic rings. The number of unbranched alkanes of at least 4 members (excludes halogenated alkanes) is 1. The summed E-state index contributed by atoms with van der Waals surface area (Å²) in [6.45, 7) is 3.50. The van der Waals surface area contributed by atoms with Crippen LogP contribution >= 0.6 is 0 Å². The molecule has 2 aromatic carbocycles. The topological polar surface area (TPSA) is 81.2 Å². The van der Waals surface area contributed by atoms with Crippen molar-refractivity contribution in [1.82, 2.24) is 9.80 Å². The summed E-state index contributed by atoms with van der Waals surface area (Å²) in [5.74, 6) is 5.45. The summed E-state index contributed by atoms with van der Waals surface area (Å²) in [4.78, 5) is 40.8. The number of anilines is 1. The molecule has 34 heavy (non-hydrogen) atoms. The van der Waals surface area contributed by atoms with E-state index < -0.39 is 6.09 Å². The second-order valence-corrected chi connectivity index (χ2v) is 8.00. The molecule has 0 radical (unpaired) electrons. The van der Waals surface area contributed by atoms with Gasteiger partial charge in [-0.15, -0.1) is 0 Å². The summed E-state index contributed by atoms with van der Waals surface area (Å²) in [7, 11) is 0. The number of nitrogens with zero attached hydrogens (tertiary/aromatic N) is 3. The zero-order valence-electron chi connectivity index (χ0n) is 19.2. The van der Waals surface area contributed by atoms with Crippen molar-refractivity contribution in [3.63, 3.8) is 0 Å². The van der Waals surface area contributed by atoms with Crippen LogP contribution in [0.5, 0.6) is 0 Å². The maximum absolute atomic E-state index is 13.3. The van der Waals surface area contributed by atoms with Crippen molar-refractivity contribution in [3.05, 3.63) is 65.5 Å². The molecule has 3 rings (SSSR count). The predicted molar refractivity (Wildman–Crippen MR) is 127 cm³/mol. The van der Waals surface area contributed by atoms with E-state index in [-0.39, 0.29) is 24.2 Å². The van der Waals surface area contributed by atoms with Gasteiger partial charge in [0.25, 0.3) is 5.91 Å². The Hall–Kier alpha value is -3.86. The lowest BCUT2D eigenvalue weighted by atomic mass is 10.1. The van der Waals surface area contributed by atoms with E-state index in [4.69, 9.17) is 5.11 Å². The van der Waals surface area contributed by atoms with Gasteiger partial charge in [0.2, 0.25) is 5.91 Å². The van der Waals surface area contributed by atoms with Gasteiger partial charge in [0, 0.05) is 49.4 Å². The van der Waals surface area contributed by atoms with Gasteiger partial charge >= 0.3 is 6.09 Å². The molecule has 178 valence electrons. The number of hydrogen-bond acceptors (Lipinski definition) is 3. The van der Waals surface area contributed by atoms with E-state index in [2.05, 4.69) is 11.8 Å². The molecule has 1 fully saturated rings. The van der Waals surface area contributed by atoms with Crippen LogP contribution in [0, 0.1) is 17.7 Å². The van der Waals surface area contributed by atoms with Crippen LogP contribution in [-0.4, -0.2) is 65.5 Å². The SMILES string of the molecule is CCCCC(=O)N(CC#Cc1ccc(C(=O)N2CCN(C(=O)O)CC2)cc1)c1ccc(F)cc1. The highest BCUT2D eigenvalue weighted by molar-refractivity contribution is 5.95.